The Bertz CT molecular complexity index is 436. The molecule has 0 heterocycles. The summed E-state index contributed by atoms with van der Waals surface area (Å²) in [6.45, 7) is 0.529. The summed E-state index contributed by atoms with van der Waals surface area (Å²) in [6.07, 6.45) is -0.961. The molecule has 0 amide bonds. The minimum Gasteiger partial charge on any atom is -0.390 e. The van der Waals surface area contributed by atoms with Crippen LogP contribution in [0.1, 0.15) is 26.2 Å². The molecule has 0 aliphatic heterocycles. The summed E-state index contributed by atoms with van der Waals surface area (Å²) in [6, 6.07) is 0. The van der Waals surface area contributed by atoms with Crippen molar-refractivity contribution in [3.8, 4) is 0 Å². The molecule has 2 unspecified atom stereocenters. The number of sulfonamides is 1. The van der Waals surface area contributed by atoms with Crippen molar-refractivity contribution in [3.63, 3.8) is 0 Å². The summed E-state index contributed by atoms with van der Waals surface area (Å²) >= 11 is 0. The molecule has 0 saturated heterocycles. The van der Waals surface area contributed by atoms with E-state index in [2.05, 4.69) is 4.72 Å². The molecule has 0 aromatic rings. The van der Waals surface area contributed by atoms with Crippen LogP contribution in [0.4, 0.5) is 8.78 Å². The lowest BCUT2D eigenvalue weighted by molar-refractivity contribution is -0.0286. The van der Waals surface area contributed by atoms with Crippen LogP contribution in [0.2, 0.25) is 0 Å². The van der Waals surface area contributed by atoms with Crippen molar-refractivity contribution in [2.24, 2.45) is 5.92 Å². The Morgan fingerprint density at radius 2 is 2.06 bits per heavy atom. The molecule has 0 aromatic heterocycles. The van der Waals surface area contributed by atoms with Crippen LogP contribution >= 0.6 is 0 Å². The molecule has 106 valence electrons. The highest BCUT2D eigenvalue weighted by Gasteiger charge is 2.58. The van der Waals surface area contributed by atoms with Crippen LogP contribution in [-0.2, 0) is 10.0 Å². The molecule has 0 spiro atoms. The van der Waals surface area contributed by atoms with Crippen molar-refractivity contribution in [1.29, 1.82) is 0 Å². The van der Waals surface area contributed by atoms with Crippen molar-refractivity contribution in [1.82, 2.24) is 4.72 Å². The number of aliphatic hydroxyl groups is 2. The molecule has 2 aliphatic rings. The third kappa shape index (κ3) is 2.52. The zero-order chi connectivity index (χ0) is 13.8. The molecule has 0 radical (unpaired) electrons. The molecule has 3 N–H and O–H groups in total. The van der Waals surface area contributed by atoms with E-state index in [4.69, 9.17) is 0 Å². The van der Waals surface area contributed by atoms with Crippen LogP contribution in [0.5, 0.6) is 0 Å². The van der Waals surface area contributed by atoms with E-state index in [-0.39, 0.29) is 5.92 Å². The van der Waals surface area contributed by atoms with Crippen molar-refractivity contribution >= 4 is 10.0 Å². The lowest BCUT2D eigenvalue weighted by Gasteiger charge is -2.34. The molecule has 8 heteroatoms. The maximum absolute atomic E-state index is 12.8. The van der Waals surface area contributed by atoms with E-state index >= 15 is 0 Å². The van der Waals surface area contributed by atoms with Gasteiger partial charge < -0.3 is 10.2 Å². The van der Waals surface area contributed by atoms with E-state index < -0.39 is 39.4 Å². The van der Waals surface area contributed by atoms with Crippen LogP contribution in [0.15, 0.2) is 0 Å². The third-order valence-electron chi connectivity index (χ3n) is 3.76. The van der Waals surface area contributed by atoms with Gasteiger partial charge in [0.15, 0.2) is 0 Å². The summed E-state index contributed by atoms with van der Waals surface area (Å²) < 4.78 is 51.0. The first-order valence-corrected chi connectivity index (χ1v) is 7.46. The average Bonchev–Trinajstić information content (AvgIpc) is 2.62. The molecule has 2 rings (SSSR count). The van der Waals surface area contributed by atoms with Gasteiger partial charge in [0.1, 0.15) is 5.75 Å². The molecule has 5 nitrogen and oxygen atoms in total. The quantitative estimate of drug-likeness (QED) is 0.669. The molecule has 2 saturated carbocycles. The Morgan fingerprint density at radius 3 is 2.50 bits per heavy atom. The van der Waals surface area contributed by atoms with Gasteiger partial charge in [-0.15, -0.1) is 0 Å². The number of hydrogen-bond donors (Lipinski definition) is 3. The summed E-state index contributed by atoms with van der Waals surface area (Å²) in [7, 11) is -4.19. The fraction of sp³-hybridized carbons (Fsp3) is 1.00. The Hall–Kier alpha value is -0.310. The summed E-state index contributed by atoms with van der Waals surface area (Å²) in [5, 5.41) is 19.5. The van der Waals surface area contributed by atoms with E-state index in [9.17, 15) is 27.4 Å². The molecule has 2 bridgehead atoms. The smallest absolute Gasteiger partial charge is 0.260 e. The monoisotopic (exact) mass is 285 g/mol. The van der Waals surface area contributed by atoms with E-state index in [0.717, 1.165) is 0 Å². The minimum absolute atomic E-state index is 0.162. The molecule has 18 heavy (non-hydrogen) atoms. The van der Waals surface area contributed by atoms with Crippen LogP contribution in [-0.4, -0.2) is 48.1 Å². The molecular weight excluding hydrogens is 268 g/mol. The second-order valence-electron chi connectivity index (χ2n) is 5.53. The fourth-order valence-corrected chi connectivity index (χ4v) is 4.76. The second-order valence-corrected chi connectivity index (χ2v) is 7.25. The van der Waals surface area contributed by atoms with Crippen LogP contribution in [0.25, 0.3) is 0 Å². The Labute approximate surface area is 104 Å². The van der Waals surface area contributed by atoms with Gasteiger partial charge in [0.25, 0.3) is 5.92 Å². The summed E-state index contributed by atoms with van der Waals surface area (Å²) in [5.41, 5.74) is -1.17. The maximum Gasteiger partial charge on any atom is 0.260 e. The largest absolute Gasteiger partial charge is 0.390 e. The topological polar surface area (TPSA) is 86.6 Å². The molecule has 0 aromatic carbocycles. The highest BCUT2D eigenvalue weighted by molar-refractivity contribution is 7.89. The number of alkyl halides is 2. The molecule has 2 aliphatic carbocycles. The summed E-state index contributed by atoms with van der Waals surface area (Å²) in [4.78, 5) is 0. The van der Waals surface area contributed by atoms with E-state index in [1.807, 2.05) is 0 Å². The number of hydrogen-bond acceptors (Lipinski definition) is 4. The van der Waals surface area contributed by atoms with Crippen LogP contribution < -0.4 is 4.72 Å². The van der Waals surface area contributed by atoms with Gasteiger partial charge in [-0.05, 0) is 25.2 Å². The zero-order valence-corrected chi connectivity index (χ0v) is 10.8. The van der Waals surface area contributed by atoms with Gasteiger partial charge in [-0.3, -0.25) is 0 Å². The number of fused-ring (bicyclic) bond motifs is 2. The molecular formula is C10H17F2NO4S. The van der Waals surface area contributed by atoms with E-state index in [1.165, 1.54) is 0 Å². The van der Waals surface area contributed by atoms with Gasteiger partial charge >= 0.3 is 0 Å². The molecule has 4 atom stereocenters. The maximum atomic E-state index is 12.8. The standard InChI is InChI=1S/C10H17F2NO4S/c1-9(11,12)5-18(16,17)13-10-3-2-6(4-10)7(14)8(10)15/h6-8,13-15H,2-5H2,1H3/t6?,7-,8-,10?/m0/s1. The van der Waals surface area contributed by atoms with Crippen LogP contribution in [0, 0.1) is 5.92 Å². The van der Waals surface area contributed by atoms with Gasteiger partial charge in [-0.2, -0.15) is 0 Å². The SMILES string of the molecule is CC(F)(F)CS(=O)(=O)NC12CCC(C1)[C@H](O)[C@@H]2O. The van der Waals surface area contributed by atoms with Crippen molar-refractivity contribution in [2.45, 2.75) is 49.9 Å². The Balaban J connectivity index is 2.14. The second kappa shape index (κ2) is 4.09. The predicted octanol–water partition coefficient (Wildman–Crippen LogP) is -0.165. The first-order valence-electron chi connectivity index (χ1n) is 5.80. The predicted molar refractivity (Wildman–Crippen MR) is 59.6 cm³/mol. The van der Waals surface area contributed by atoms with Gasteiger partial charge in [0, 0.05) is 6.92 Å². The minimum atomic E-state index is -4.19. The average molecular weight is 285 g/mol. The molecule has 2 fully saturated rings. The van der Waals surface area contributed by atoms with E-state index in [1.54, 1.807) is 0 Å². The number of halogens is 2. The van der Waals surface area contributed by atoms with Crippen molar-refractivity contribution in [3.05, 3.63) is 0 Å². The highest BCUT2D eigenvalue weighted by atomic mass is 32.2. The zero-order valence-electron chi connectivity index (χ0n) is 9.94. The van der Waals surface area contributed by atoms with Gasteiger partial charge in [0.05, 0.1) is 17.7 Å². The lowest BCUT2D eigenvalue weighted by atomic mass is 9.90. The number of rotatable bonds is 4. The Kier molecular flexibility index (Phi) is 3.21. The third-order valence-corrected chi connectivity index (χ3v) is 5.37. The normalized spacial score (nSPS) is 40.4. The number of aliphatic hydroxyl groups excluding tert-OH is 2. The van der Waals surface area contributed by atoms with Crippen molar-refractivity contribution in [2.75, 3.05) is 5.75 Å². The van der Waals surface area contributed by atoms with E-state index in [0.29, 0.717) is 26.2 Å². The van der Waals surface area contributed by atoms with Gasteiger partial charge in [-0.1, -0.05) is 0 Å². The first-order chi connectivity index (χ1) is 8.05. The highest BCUT2D eigenvalue weighted by Crippen LogP contribution is 2.48. The van der Waals surface area contributed by atoms with Crippen molar-refractivity contribution < 1.29 is 27.4 Å². The Morgan fingerprint density at radius 1 is 1.44 bits per heavy atom. The first kappa shape index (κ1) is 14.1. The lowest BCUT2D eigenvalue weighted by Crippen LogP contribution is -2.57. The number of nitrogens with one attached hydrogen (secondary N) is 1. The van der Waals surface area contributed by atoms with Gasteiger partial charge in [-0.25, -0.2) is 21.9 Å². The van der Waals surface area contributed by atoms with Gasteiger partial charge in [0.2, 0.25) is 10.0 Å². The van der Waals surface area contributed by atoms with Crippen LogP contribution in [0.3, 0.4) is 0 Å². The summed E-state index contributed by atoms with van der Waals surface area (Å²) in [5.74, 6) is -4.80. The fourth-order valence-electron chi connectivity index (χ4n) is 3.09.